The summed E-state index contributed by atoms with van der Waals surface area (Å²) in [6.45, 7) is 6.97. The van der Waals surface area contributed by atoms with E-state index in [0.717, 1.165) is 5.56 Å². The largest absolute Gasteiger partial charge is 0.490 e. The Morgan fingerprint density at radius 3 is 2.45 bits per heavy atom. The highest BCUT2D eigenvalue weighted by atomic mass is 16.5. The first-order valence-electron chi connectivity index (χ1n) is 6.80. The van der Waals surface area contributed by atoms with Crippen molar-refractivity contribution in [1.82, 2.24) is 5.32 Å². The molecule has 0 saturated carbocycles. The third kappa shape index (κ3) is 4.74. The van der Waals surface area contributed by atoms with Gasteiger partial charge in [-0.25, -0.2) is 0 Å². The van der Waals surface area contributed by atoms with Crippen LogP contribution in [0.1, 0.15) is 32.4 Å². The molecule has 112 valence electrons. The van der Waals surface area contributed by atoms with E-state index >= 15 is 0 Å². The lowest BCUT2D eigenvalue weighted by molar-refractivity contribution is -0.125. The van der Waals surface area contributed by atoms with E-state index < -0.39 is 0 Å². The molecule has 0 spiro atoms. The zero-order valence-electron chi connectivity index (χ0n) is 12.6. The molecule has 1 rings (SSSR count). The van der Waals surface area contributed by atoms with Crippen molar-refractivity contribution in [3.05, 3.63) is 23.8 Å². The highest BCUT2D eigenvalue weighted by Crippen LogP contribution is 2.30. The number of nitrogens with one attached hydrogen (secondary N) is 1. The summed E-state index contributed by atoms with van der Waals surface area (Å²) in [5, 5.41) is 2.86. The number of methoxy groups -OCH3 is 1. The Bertz CT molecular complexity index is 434. The average molecular weight is 281 g/mol. The van der Waals surface area contributed by atoms with Gasteiger partial charge in [0, 0.05) is 7.11 Å². The van der Waals surface area contributed by atoms with Crippen LogP contribution >= 0.6 is 0 Å². The van der Waals surface area contributed by atoms with Crippen molar-refractivity contribution >= 4 is 5.91 Å². The van der Waals surface area contributed by atoms with Gasteiger partial charge in [-0.1, -0.05) is 6.07 Å². The lowest BCUT2D eigenvalue weighted by atomic mass is 10.1. The van der Waals surface area contributed by atoms with E-state index in [2.05, 4.69) is 5.32 Å². The van der Waals surface area contributed by atoms with E-state index in [9.17, 15) is 4.79 Å². The molecule has 1 N–H and O–H groups in total. The van der Waals surface area contributed by atoms with Gasteiger partial charge in [-0.3, -0.25) is 4.79 Å². The van der Waals surface area contributed by atoms with Crippen molar-refractivity contribution in [1.29, 1.82) is 0 Å². The summed E-state index contributed by atoms with van der Waals surface area (Å²) in [5.41, 5.74) is 0.960. The molecule has 0 aliphatic heterocycles. The molecule has 0 bridgehead atoms. The fourth-order valence-electron chi connectivity index (χ4n) is 1.83. The fraction of sp³-hybridized carbons (Fsp3) is 0.533. The van der Waals surface area contributed by atoms with Crippen LogP contribution in [-0.2, 0) is 9.53 Å². The van der Waals surface area contributed by atoms with Crippen LogP contribution in [0.25, 0.3) is 0 Å². The molecule has 5 heteroatoms. The summed E-state index contributed by atoms with van der Waals surface area (Å²) >= 11 is 0. The molecule has 1 atom stereocenters. The number of ether oxygens (including phenoxy) is 3. The van der Waals surface area contributed by atoms with Crippen LogP contribution in [0.3, 0.4) is 0 Å². The molecular formula is C15H23NO4. The third-order valence-corrected chi connectivity index (χ3v) is 2.72. The van der Waals surface area contributed by atoms with Gasteiger partial charge in [-0.15, -0.1) is 0 Å². The summed E-state index contributed by atoms with van der Waals surface area (Å²) in [5.74, 6) is 1.26. The van der Waals surface area contributed by atoms with Crippen LogP contribution in [-0.4, -0.2) is 32.8 Å². The number of rotatable bonds is 8. The van der Waals surface area contributed by atoms with Crippen LogP contribution in [0.2, 0.25) is 0 Å². The van der Waals surface area contributed by atoms with Gasteiger partial charge in [0.25, 0.3) is 0 Å². The predicted molar refractivity (Wildman–Crippen MR) is 77.2 cm³/mol. The molecule has 1 amide bonds. The van der Waals surface area contributed by atoms with Gasteiger partial charge in [0.2, 0.25) is 5.91 Å². The molecule has 0 heterocycles. The molecule has 0 radical (unpaired) electrons. The van der Waals surface area contributed by atoms with E-state index in [0.29, 0.717) is 24.7 Å². The number of carbonyl (C=O) groups excluding carboxylic acids is 1. The minimum absolute atomic E-state index is 0.0552. The third-order valence-electron chi connectivity index (χ3n) is 2.72. The van der Waals surface area contributed by atoms with Crippen LogP contribution in [0, 0.1) is 0 Å². The van der Waals surface area contributed by atoms with Gasteiger partial charge in [0.15, 0.2) is 11.5 Å². The van der Waals surface area contributed by atoms with Gasteiger partial charge >= 0.3 is 0 Å². The van der Waals surface area contributed by atoms with Gasteiger partial charge < -0.3 is 19.5 Å². The molecule has 0 saturated heterocycles. The average Bonchev–Trinajstić information content (AvgIpc) is 2.41. The minimum Gasteiger partial charge on any atom is -0.490 e. The monoisotopic (exact) mass is 281 g/mol. The summed E-state index contributed by atoms with van der Waals surface area (Å²) in [6.07, 6.45) is 0. The number of hydrogen-bond acceptors (Lipinski definition) is 4. The zero-order chi connectivity index (χ0) is 15.0. The van der Waals surface area contributed by atoms with Gasteiger partial charge in [-0.05, 0) is 38.5 Å². The predicted octanol–water partition coefficient (Wildman–Crippen LogP) is 2.31. The maximum atomic E-state index is 11.5. The van der Waals surface area contributed by atoms with Gasteiger partial charge in [0.1, 0.15) is 6.61 Å². The van der Waals surface area contributed by atoms with Crippen molar-refractivity contribution in [3.8, 4) is 11.5 Å². The van der Waals surface area contributed by atoms with E-state index in [1.165, 1.54) is 7.11 Å². The van der Waals surface area contributed by atoms with Gasteiger partial charge in [-0.2, -0.15) is 0 Å². The molecule has 1 aromatic carbocycles. The molecular weight excluding hydrogens is 258 g/mol. The van der Waals surface area contributed by atoms with E-state index in [-0.39, 0.29) is 18.6 Å². The SMILES string of the molecule is CCOc1ccc([C@H](C)NC(=O)COC)cc1OCC. The Kier molecular flexibility index (Phi) is 6.87. The Morgan fingerprint density at radius 2 is 1.85 bits per heavy atom. The Balaban J connectivity index is 2.84. The highest BCUT2D eigenvalue weighted by molar-refractivity contribution is 5.77. The Labute approximate surface area is 120 Å². The molecule has 1 aromatic rings. The molecule has 0 aliphatic rings. The number of benzene rings is 1. The van der Waals surface area contributed by atoms with Crippen LogP contribution in [0.15, 0.2) is 18.2 Å². The van der Waals surface area contributed by atoms with E-state index in [1.54, 1.807) is 0 Å². The number of carbonyl (C=O) groups is 1. The van der Waals surface area contributed by atoms with E-state index in [4.69, 9.17) is 14.2 Å². The highest BCUT2D eigenvalue weighted by Gasteiger charge is 2.13. The minimum atomic E-state index is -0.146. The second kappa shape index (κ2) is 8.43. The van der Waals surface area contributed by atoms with Crippen molar-refractivity contribution < 1.29 is 19.0 Å². The summed E-state index contributed by atoms with van der Waals surface area (Å²) in [7, 11) is 1.49. The maximum absolute atomic E-state index is 11.5. The van der Waals surface area contributed by atoms with Crippen LogP contribution in [0.4, 0.5) is 0 Å². The first kappa shape index (κ1) is 16.3. The second-order valence-corrected chi connectivity index (χ2v) is 4.29. The number of amides is 1. The van der Waals surface area contributed by atoms with Crippen LogP contribution < -0.4 is 14.8 Å². The Hall–Kier alpha value is -1.75. The van der Waals surface area contributed by atoms with E-state index in [1.807, 2.05) is 39.0 Å². The number of hydrogen-bond donors (Lipinski definition) is 1. The molecule has 5 nitrogen and oxygen atoms in total. The summed E-state index contributed by atoms with van der Waals surface area (Å²) < 4.78 is 15.9. The van der Waals surface area contributed by atoms with Crippen molar-refractivity contribution in [2.75, 3.05) is 26.9 Å². The zero-order valence-corrected chi connectivity index (χ0v) is 12.6. The van der Waals surface area contributed by atoms with Crippen LogP contribution in [0.5, 0.6) is 11.5 Å². The van der Waals surface area contributed by atoms with Crippen molar-refractivity contribution in [3.63, 3.8) is 0 Å². The topological polar surface area (TPSA) is 56.8 Å². The molecule has 0 fully saturated rings. The maximum Gasteiger partial charge on any atom is 0.246 e. The summed E-state index contributed by atoms with van der Waals surface area (Å²) in [4.78, 5) is 11.5. The van der Waals surface area contributed by atoms with Crippen molar-refractivity contribution in [2.45, 2.75) is 26.8 Å². The fourth-order valence-corrected chi connectivity index (χ4v) is 1.83. The van der Waals surface area contributed by atoms with Crippen molar-refractivity contribution in [2.24, 2.45) is 0 Å². The molecule has 0 unspecified atom stereocenters. The second-order valence-electron chi connectivity index (χ2n) is 4.29. The lowest BCUT2D eigenvalue weighted by Crippen LogP contribution is -2.29. The summed E-state index contributed by atoms with van der Waals surface area (Å²) in [6, 6.07) is 5.56. The quantitative estimate of drug-likeness (QED) is 0.794. The standard InChI is InChI=1S/C15H23NO4/c1-5-19-13-8-7-12(9-14(13)20-6-2)11(3)16-15(17)10-18-4/h7-9,11H,5-6,10H2,1-4H3,(H,16,17)/t11-/m0/s1. The Morgan fingerprint density at radius 1 is 1.20 bits per heavy atom. The molecule has 0 aromatic heterocycles. The van der Waals surface area contributed by atoms with Gasteiger partial charge in [0.05, 0.1) is 19.3 Å². The first-order valence-corrected chi connectivity index (χ1v) is 6.80. The first-order chi connectivity index (χ1) is 9.62. The molecule has 0 aliphatic carbocycles. The lowest BCUT2D eigenvalue weighted by Gasteiger charge is -2.17. The normalized spacial score (nSPS) is 11.8. The smallest absolute Gasteiger partial charge is 0.246 e. The molecule has 20 heavy (non-hydrogen) atoms.